The molecule has 0 spiro atoms. The molecule has 2 amide bonds. The summed E-state index contributed by atoms with van der Waals surface area (Å²) in [4.78, 5) is 40.8. The maximum absolute atomic E-state index is 12.8. The molecule has 0 aliphatic carbocycles. The van der Waals surface area contributed by atoms with Gasteiger partial charge in [-0.25, -0.2) is 9.31 Å². The molecule has 170 valence electrons. The summed E-state index contributed by atoms with van der Waals surface area (Å²) in [5, 5.41) is 21.7. The number of aromatic amines is 1. The van der Waals surface area contributed by atoms with E-state index in [0.29, 0.717) is 60.4 Å². The fourth-order valence-electron chi connectivity index (χ4n) is 4.39. The van der Waals surface area contributed by atoms with Crippen LogP contribution in [0.15, 0.2) is 41.3 Å². The summed E-state index contributed by atoms with van der Waals surface area (Å²) in [7, 11) is 0. The van der Waals surface area contributed by atoms with Crippen LogP contribution in [0.4, 0.5) is 10.5 Å². The number of piperidine rings is 1. The van der Waals surface area contributed by atoms with Crippen LogP contribution in [0.25, 0.3) is 16.6 Å². The Labute approximate surface area is 187 Å². The molecule has 3 N–H and O–H groups in total. The van der Waals surface area contributed by atoms with Crippen molar-refractivity contribution in [3.63, 3.8) is 0 Å². The Morgan fingerprint density at radius 3 is 2.70 bits per heavy atom. The first-order valence-electron chi connectivity index (χ1n) is 10.8. The number of benzene rings is 1. The number of carbonyl (C=O) groups is 2. The standard InChI is InChI=1S/C22H23N7O4/c1-2-28-11-8-16(25-28)21(31)23-14-4-3-5-15-19(14)20-24-18(30)12-17(29(20)26-15)13-6-9-27(10-7-13)22(32)33/h3-5,8,11-13H,2,6-7,9-10H2,1H3,(H,23,31)(H,24,30)(H,32,33). The highest BCUT2D eigenvalue weighted by atomic mass is 16.4. The van der Waals surface area contributed by atoms with Crippen LogP contribution in [0, 0.1) is 0 Å². The van der Waals surface area contributed by atoms with Crippen LogP contribution in [-0.2, 0) is 6.54 Å². The van der Waals surface area contributed by atoms with Crippen LogP contribution in [0.3, 0.4) is 0 Å². The number of nitrogens with zero attached hydrogens (tertiary/aromatic N) is 5. The smallest absolute Gasteiger partial charge is 0.407 e. The van der Waals surface area contributed by atoms with Crippen molar-refractivity contribution in [1.29, 1.82) is 0 Å². The molecule has 5 rings (SSSR count). The normalized spacial score (nSPS) is 14.8. The van der Waals surface area contributed by atoms with Crippen LogP contribution >= 0.6 is 0 Å². The van der Waals surface area contributed by atoms with E-state index in [4.69, 9.17) is 0 Å². The van der Waals surface area contributed by atoms with Crippen molar-refractivity contribution < 1.29 is 14.7 Å². The average Bonchev–Trinajstić information content (AvgIpc) is 3.44. The Morgan fingerprint density at radius 1 is 1.21 bits per heavy atom. The third-order valence-corrected chi connectivity index (χ3v) is 6.09. The molecule has 0 bridgehead atoms. The van der Waals surface area contributed by atoms with Crippen LogP contribution in [0.1, 0.15) is 41.9 Å². The van der Waals surface area contributed by atoms with Crippen molar-refractivity contribution in [1.82, 2.24) is 29.3 Å². The van der Waals surface area contributed by atoms with Gasteiger partial charge in [0.1, 0.15) is 5.65 Å². The Balaban J connectivity index is 1.55. The lowest BCUT2D eigenvalue weighted by molar-refractivity contribution is 0.102. The van der Waals surface area contributed by atoms with E-state index in [9.17, 15) is 19.5 Å². The summed E-state index contributed by atoms with van der Waals surface area (Å²) < 4.78 is 3.37. The molecule has 1 saturated heterocycles. The number of anilines is 1. The Bertz CT molecular complexity index is 1430. The zero-order chi connectivity index (χ0) is 23.1. The van der Waals surface area contributed by atoms with Gasteiger partial charge in [0, 0.05) is 37.8 Å². The maximum atomic E-state index is 12.8. The maximum Gasteiger partial charge on any atom is 0.407 e. The molecule has 1 fully saturated rings. The fourth-order valence-corrected chi connectivity index (χ4v) is 4.39. The molecule has 1 aliphatic heterocycles. The van der Waals surface area contributed by atoms with Gasteiger partial charge < -0.3 is 20.3 Å². The van der Waals surface area contributed by atoms with Crippen molar-refractivity contribution in [3.05, 3.63) is 58.3 Å². The van der Waals surface area contributed by atoms with Gasteiger partial charge in [-0.05, 0) is 38.0 Å². The molecule has 0 radical (unpaired) electrons. The van der Waals surface area contributed by atoms with Gasteiger partial charge >= 0.3 is 6.09 Å². The fraction of sp³-hybridized carbons (Fsp3) is 0.318. The molecule has 0 unspecified atom stereocenters. The van der Waals surface area contributed by atoms with E-state index in [1.54, 1.807) is 33.6 Å². The molecule has 3 aromatic heterocycles. The highest BCUT2D eigenvalue weighted by molar-refractivity contribution is 6.11. The van der Waals surface area contributed by atoms with E-state index >= 15 is 0 Å². The van der Waals surface area contributed by atoms with Gasteiger partial charge in [0.25, 0.3) is 11.5 Å². The number of nitrogens with one attached hydrogen (secondary N) is 2. The van der Waals surface area contributed by atoms with Crippen LogP contribution in [0.5, 0.6) is 0 Å². The number of carbonyl (C=O) groups excluding carboxylic acids is 1. The minimum Gasteiger partial charge on any atom is -0.465 e. The van der Waals surface area contributed by atoms with E-state index in [0.717, 1.165) is 5.69 Å². The number of hydrogen-bond acceptors (Lipinski definition) is 5. The molecule has 11 nitrogen and oxygen atoms in total. The number of rotatable bonds is 4. The van der Waals surface area contributed by atoms with Crippen molar-refractivity contribution in [2.24, 2.45) is 0 Å². The highest BCUT2D eigenvalue weighted by Crippen LogP contribution is 2.31. The lowest BCUT2D eigenvalue weighted by Gasteiger charge is -2.30. The second-order valence-corrected chi connectivity index (χ2v) is 8.07. The zero-order valence-electron chi connectivity index (χ0n) is 18.0. The number of likely N-dealkylation sites (tertiary alicyclic amines) is 1. The van der Waals surface area contributed by atoms with Crippen molar-refractivity contribution in [3.8, 4) is 0 Å². The SMILES string of the molecule is CCn1ccc(C(=O)Nc2cccc3nn4c(C5CCN(C(=O)O)CC5)cc(=O)[nH]c4c23)n1. The number of hydrogen-bond donors (Lipinski definition) is 3. The second kappa shape index (κ2) is 8.08. The van der Waals surface area contributed by atoms with Crippen LogP contribution < -0.4 is 10.9 Å². The molecule has 1 aromatic carbocycles. The van der Waals surface area contributed by atoms with E-state index in [-0.39, 0.29) is 17.4 Å². The summed E-state index contributed by atoms with van der Waals surface area (Å²) in [6, 6.07) is 8.54. The summed E-state index contributed by atoms with van der Waals surface area (Å²) >= 11 is 0. The second-order valence-electron chi connectivity index (χ2n) is 8.07. The van der Waals surface area contributed by atoms with Gasteiger partial charge in [-0.1, -0.05) is 6.07 Å². The lowest BCUT2D eigenvalue weighted by atomic mass is 9.93. The highest BCUT2D eigenvalue weighted by Gasteiger charge is 2.26. The molecule has 4 aromatic rings. The molecule has 33 heavy (non-hydrogen) atoms. The molecular formula is C22H23N7O4. The summed E-state index contributed by atoms with van der Waals surface area (Å²) in [6.07, 6.45) is 2.01. The van der Waals surface area contributed by atoms with Gasteiger partial charge in [0.05, 0.1) is 22.3 Å². The number of fused-ring (bicyclic) bond motifs is 3. The Kier molecular flexibility index (Phi) is 5.08. The lowest BCUT2D eigenvalue weighted by Crippen LogP contribution is -2.37. The van der Waals surface area contributed by atoms with E-state index in [1.807, 2.05) is 13.0 Å². The molecule has 11 heteroatoms. The monoisotopic (exact) mass is 449 g/mol. The topological polar surface area (TPSA) is 138 Å². The quantitative estimate of drug-likeness (QED) is 0.438. The van der Waals surface area contributed by atoms with Gasteiger partial charge in [-0.15, -0.1) is 0 Å². The molecule has 0 saturated carbocycles. The number of aryl methyl sites for hydroxylation is 1. The van der Waals surface area contributed by atoms with Gasteiger partial charge in [-0.3, -0.25) is 14.3 Å². The number of aromatic nitrogens is 5. The first kappa shape index (κ1) is 20.7. The van der Waals surface area contributed by atoms with Crippen molar-refractivity contribution >= 4 is 34.2 Å². The predicted octanol–water partition coefficient (Wildman–Crippen LogP) is 2.50. The number of H-pyrrole nitrogens is 1. The minimum atomic E-state index is -0.932. The van der Waals surface area contributed by atoms with Gasteiger partial charge in [-0.2, -0.15) is 10.2 Å². The zero-order valence-corrected chi connectivity index (χ0v) is 18.0. The Hall–Kier alpha value is -4.15. The number of carboxylic acid groups (broad SMARTS) is 1. The molecule has 1 aliphatic rings. The van der Waals surface area contributed by atoms with E-state index < -0.39 is 6.09 Å². The average molecular weight is 449 g/mol. The van der Waals surface area contributed by atoms with Crippen molar-refractivity contribution in [2.45, 2.75) is 32.2 Å². The molecular weight excluding hydrogens is 426 g/mol. The summed E-state index contributed by atoms with van der Waals surface area (Å²) in [6.45, 7) is 3.40. The first-order valence-corrected chi connectivity index (χ1v) is 10.8. The van der Waals surface area contributed by atoms with Crippen molar-refractivity contribution in [2.75, 3.05) is 18.4 Å². The largest absolute Gasteiger partial charge is 0.465 e. The molecule has 0 atom stereocenters. The van der Waals surface area contributed by atoms with E-state index in [2.05, 4.69) is 20.5 Å². The minimum absolute atomic E-state index is 0.00392. The predicted molar refractivity (Wildman–Crippen MR) is 121 cm³/mol. The van der Waals surface area contributed by atoms with Crippen LogP contribution in [-0.4, -0.2) is 59.5 Å². The first-order chi connectivity index (χ1) is 15.9. The van der Waals surface area contributed by atoms with Gasteiger partial charge in [0.2, 0.25) is 0 Å². The molecule has 4 heterocycles. The Morgan fingerprint density at radius 2 is 2.00 bits per heavy atom. The van der Waals surface area contributed by atoms with E-state index in [1.165, 1.54) is 11.0 Å². The summed E-state index contributed by atoms with van der Waals surface area (Å²) in [5.74, 6) is -0.357. The van der Waals surface area contributed by atoms with Crippen LogP contribution in [0.2, 0.25) is 0 Å². The number of amides is 2. The third kappa shape index (κ3) is 3.71. The summed E-state index contributed by atoms with van der Waals surface area (Å²) in [5.41, 5.74) is 2.38. The van der Waals surface area contributed by atoms with Gasteiger partial charge in [0.15, 0.2) is 5.69 Å². The third-order valence-electron chi connectivity index (χ3n) is 6.09.